The maximum absolute atomic E-state index is 11.9. The first-order valence-electron chi connectivity index (χ1n) is 10.8. The zero-order valence-electron chi connectivity index (χ0n) is 19.9. The van der Waals surface area contributed by atoms with E-state index in [0.29, 0.717) is 0 Å². The molecular weight excluding hydrogens is 482 g/mol. The van der Waals surface area contributed by atoms with E-state index in [1.54, 1.807) is 0 Å². The van der Waals surface area contributed by atoms with Crippen LogP contribution in [-0.2, 0) is 53.3 Å². The maximum Gasteiger partial charge on any atom is 0.303 e. The van der Waals surface area contributed by atoms with Crippen LogP contribution in [0.25, 0.3) is 0 Å². The molecule has 14 heteroatoms. The Balaban J connectivity index is 2.04. The van der Waals surface area contributed by atoms with Gasteiger partial charge in [-0.05, 0) is 24.3 Å². The standard InChI is InChI=1S/C22H25N3O11/c1-11(26)32-10-16-18(33-12(2)27)19(34-13(3)28)20(35-14(4)29)21(36-16)25-9-17(23-24-25)22(31)7-5-15(30)6-8-22/h5-9,16,18-21,31H,10H2,1-4H3/t16-,18+,19+,20-,21-/m1/s1. The number of nitrogens with zero attached hydrogens (tertiary/aromatic N) is 3. The van der Waals surface area contributed by atoms with Crippen molar-refractivity contribution in [1.82, 2.24) is 15.0 Å². The second-order valence-electron chi connectivity index (χ2n) is 8.07. The van der Waals surface area contributed by atoms with Crippen molar-refractivity contribution in [2.75, 3.05) is 6.61 Å². The highest BCUT2D eigenvalue weighted by molar-refractivity contribution is 6.00. The second kappa shape index (κ2) is 10.8. The summed E-state index contributed by atoms with van der Waals surface area (Å²) in [4.78, 5) is 58.6. The lowest BCUT2D eigenvalue weighted by Crippen LogP contribution is -2.60. The highest BCUT2D eigenvalue weighted by atomic mass is 16.7. The molecule has 2 heterocycles. The number of hydrogen-bond acceptors (Lipinski definition) is 13. The Morgan fingerprint density at radius 2 is 1.50 bits per heavy atom. The fourth-order valence-corrected chi connectivity index (χ4v) is 3.70. The molecule has 0 spiro atoms. The predicted octanol–water partition coefficient (Wildman–Crippen LogP) is -0.584. The van der Waals surface area contributed by atoms with Crippen LogP contribution in [0.3, 0.4) is 0 Å². The van der Waals surface area contributed by atoms with Crippen LogP contribution in [0.2, 0.25) is 0 Å². The highest BCUT2D eigenvalue weighted by Gasteiger charge is 2.53. The van der Waals surface area contributed by atoms with Crippen molar-refractivity contribution in [3.8, 4) is 0 Å². The Labute approximate surface area is 204 Å². The van der Waals surface area contributed by atoms with E-state index in [-0.39, 0.29) is 11.5 Å². The van der Waals surface area contributed by atoms with E-state index in [9.17, 15) is 29.1 Å². The summed E-state index contributed by atoms with van der Waals surface area (Å²) in [7, 11) is 0. The zero-order valence-corrected chi connectivity index (χ0v) is 19.9. The van der Waals surface area contributed by atoms with E-state index in [2.05, 4.69) is 10.3 Å². The van der Waals surface area contributed by atoms with Gasteiger partial charge in [-0.2, -0.15) is 0 Å². The van der Waals surface area contributed by atoms with Crippen LogP contribution in [0.4, 0.5) is 0 Å². The molecule has 1 N–H and O–H groups in total. The number of hydrogen-bond donors (Lipinski definition) is 1. The average Bonchev–Trinajstić information content (AvgIpc) is 3.27. The molecule has 0 aromatic carbocycles. The molecular formula is C22H25N3O11. The van der Waals surface area contributed by atoms with Crippen molar-refractivity contribution in [3.05, 3.63) is 36.2 Å². The van der Waals surface area contributed by atoms with E-state index in [1.807, 2.05) is 0 Å². The van der Waals surface area contributed by atoms with Crippen molar-refractivity contribution in [2.45, 2.75) is 63.9 Å². The number of aromatic nitrogens is 3. The Bertz CT molecular complexity index is 1090. The molecule has 1 saturated heterocycles. The van der Waals surface area contributed by atoms with E-state index < -0.39 is 66.7 Å². The summed E-state index contributed by atoms with van der Waals surface area (Å²) in [6, 6.07) is 0. The van der Waals surface area contributed by atoms with Gasteiger partial charge >= 0.3 is 23.9 Å². The van der Waals surface area contributed by atoms with E-state index in [4.69, 9.17) is 23.7 Å². The molecule has 0 radical (unpaired) electrons. The molecule has 0 amide bonds. The van der Waals surface area contributed by atoms with Gasteiger partial charge < -0.3 is 28.8 Å². The Hall–Kier alpha value is -3.91. The van der Waals surface area contributed by atoms with Gasteiger partial charge in [0, 0.05) is 27.7 Å². The van der Waals surface area contributed by atoms with E-state index >= 15 is 0 Å². The van der Waals surface area contributed by atoms with Gasteiger partial charge in [0.1, 0.15) is 24.0 Å². The van der Waals surface area contributed by atoms with Gasteiger partial charge in [-0.3, -0.25) is 24.0 Å². The molecule has 0 bridgehead atoms. The average molecular weight is 507 g/mol. The molecule has 194 valence electrons. The van der Waals surface area contributed by atoms with Crippen molar-refractivity contribution in [2.24, 2.45) is 0 Å². The van der Waals surface area contributed by atoms with Crippen molar-refractivity contribution >= 4 is 29.7 Å². The smallest absolute Gasteiger partial charge is 0.303 e. The van der Waals surface area contributed by atoms with Crippen molar-refractivity contribution in [1.29, 1.82) is 0 Å². The summed E-state index contributed by atoms with van der Waals surface area (Å²) >= 11 is 0. The Morgan fingerprint density at radius 3 is 2.06 bits per heavy atom. The van der Waals surface area contributed by atoms with Crippen LogP contribution in [0, 0.1) is 0 Å². The number of esters is 4. The third-order valence-corrected chi connectivity index (χ3v) is 5.15. The zero-order chi connectivity index (χ0) is 26.6. The number of allylic oxidation sites excluding steroid dienone is 2. The maximum atomic E-state index is 11.9. The summed E-state index contributed by atoms with van der Waals surface area (Å²) in [5.74, 6) is -3.30. The molecule has 36 heavy (non-hydrogen) atoms. The molecule has 5 atom stereocenters. The van der Waals surface area contributed by atoms with Crippen LogP contribution in [0.1, 0.15) is 39.6 Å². The molecule has 1 aliphatic carbocycles. The number of carbonyl (C=O) groups is 5. The van der Waals surface area contributed by atoms with Crippen LogP contribution < -0.4 is 0 Å². The molecule has 1 aliphatic heterocycles. The van der Waals surface area contributed by atoms with Gasteiger partial charge in [0.2, 0.25) is 0 Å². The SMILES string of the molecule is CC(=O)OC[C@H]1O[C@@H](n2cc(C3(O)C=CC(=O)C=C3)nn2)[C@H](OC(C)=O)[C@@H](OC(C)=O)[C@H]1OC(C)=O. The summed E-state index contributed by atoms with van der Waals surface area (Å²) in [5, 5.41) is 18.7. The minimum Gasteiger partial charge on any atom is -0.463 e. The molecule has 14 nitrogen and oxygen atoms in total. The summed E-state index contributed by atoms with van der Waals surface area (Å²) < 4.78 is 28.2. The van der Waals surface area contributed by atoms with Crippen LogP contribution >= 0.6 is 0 Å². The quantitative estimate of drug-likeness (QED) is 0.366. The first-order chi connectivity index (χ1) is 16.9. The first kappa shape index (κ1) is 26.7. The van der Waals surface area contributed by atoms with Crippen molar-refractivity contribution in [3.63, 3.8) is 0 Å². The Kier molecular flexibility index (Phi) is 8.00. The summed E-state index contributed by atoms with van der Waals surface area (Å²) in [5.41, 5.74) is -1.76. The molecule has 3 rings (SSSR count). The van der Waals surface area contributed by atoms with Gasteiger partial charge in [-0.15, -0.1) is 5.10 Å². The molecule has 2 aliphatic rings. The second-order valence-corrected chi connectivity index (χ2v) is 8.07. The predicted molar refractivity (Wildman–Crippen MR) is 114 cm³/mol. The van der Waals surface area contributed by atoms with Crippen LogP contribution in [-0.4, -0.2) is 80.8 Å². The third kappa shape index (κ3) is 6.20. The monoisotopic (exact) mass is 507 g/mol. The van der Waals surface area contributed by atoms with Crippen molar-refractivity contribution < 1.29 is 52.8 Å². The number of rotatable bonds is 7. The third-order valence-electron chi connectivity index (χ3n) is 5.15. The number of carbonyl (C=O) groups excluding carboxylic acids is 5. The van der Waals surface area contributed by atoms with Gasteiger partial charge in [0.15, 0.2) is 30.3 Å². The minimum absolute atomic E-state index is 0.00430. The lowest BCUT2D eigenvalue weighted by molar-refractivity contribution is -0.270. The fraction of sp³-hybridized carbons (Fsp3) is 0.500. The topological polar surface area (TPSA) is 182 Å². The number of ether oxygens (including phenoxy) is 5. The normalized spacial score (nSPS) is 26.7. The summed E-state index contributed by atoms with van der Waals surface area (Å²) in [6.45, 7) is 4.08. The molecule has 1 aromatic heterocycles. The van der Waals surface area contributed by atoms with Gasteiger partial charge in [-0.1, -0.05) is 5.21 Å². The molecule has 0 saturated carbocycles. The first-order valence-corrected chi connectivity index (χ1v) is 10.8. The van der Waals surface area contributed by atoms with E-state index in [0.717, 1.165) is 44.5 Å². The van der Waals surface area contributed by atoms with Crippen LogP contribution in [0.5, 0.6) is 0 Å². The lowest BCUT2D eigenvalue weighted by atomic mass is 9.94. The largest absolute Gasteiger partial charge is 0.463 e. The van der Waals surface area contributed by atoms with Crippen LogP contribution in [0.15, 0.2) is 30.5 Å². The molecule has 1 fully saturated rings. The molecule has 0 unspecified atom stereocenters. The van der Waals surface area contributed by atoms with Gasteiger partial charge in [0.25, 0.3) is 0 Å². The van der Waals surface area contributed by atoms with Gasteiger partial charge in [-0.25, -0.2) is 4.68 Å². The van der Waals surface area contributed by atoms with E-state index in [1.165, 1.54) is 18.3 Å². The van der Waals surface area contributed by atoms with Gasteiger partial charge in [0.05, 0.1) is 6.20 Å². The highest BCUT2D eigenvalue weighted by Crippen LogP contribution is 2.35. The number of aliphatic hydroxyl groups is 1. The number of ketones is 1. The summed E-state index contributed by atoms with van der Waals surface area (Å²) in [6.07, 6.45) is -0.589. The minimum atomic E-state index is -1.76. The Morgan fingerprint density at radius 1 is 0.944 bits per heavy atom. The lowest BCUT2D eigenvalue weighted by Gasteiger charge is -2.44. The molecule has 1 aromatic rings. The fourth-order valence-electron chi connectivity index (χ4n) is 3.70.